The zero-order valence-corrected chi connectivity index (χ0v) is 11.4. The highest BCUT2D eigenvalue weighted by Gasteiger charge is 2.09. The number of fused-ring (bicyclic) bond motifs is 1. The average molecular weight is 258 g/mol. The van der Waals surface area contributed by atoms with Crippen molar-refractivity contribution >= 4 is 10.8 Å². The van der Waals surface area contributed by atoms with Gasteiger partial charge in [0, 0.05) is 19.3 Å². The van der Waals surface area contributed by atoms with Crippen LogP contribution >= 0.6 is 0 Å². The number of benzene rings is 2. The largest absolute Gasteiger partial charge is 0.382 e. The van der Waals surface area contributed by atoms with E-state index in [0.29, 0.717) is 0 Å². The van der Waals surface area contributed by atoms with Crippen LogP contribution in [-0.2, 0) is 11.2 Å². The number of hydrazine groups is 1. The van der Waals surface area contributed by atoms with Crippen LogP contribution in [-0.4, -0.2) is 19.3 Å². The average Bonchev–Trinajstić information content (AvgIpc) is 2.46. The van der Waals surface area contributed by atoms with E-state index in [4.69, 9.17) is 10.6 Å². The molecule has 0 fully saturated rings. The van der Waals surface area contributed by atoms with E-state index < -0.39 is 0 Å². The minimum absolute atomic E-state index is 0.248. The Kier molecular flexibility index (Phi) is 5.33. The zero-order valence-electron chi connectivity index (χ0n) is 11.4. The quantitative estimate of drug-likeness (QED) is 0.456. The molecular formula is C16H22N2O. The van der Waals surface area contributed by atoms with Gasteiger partial charge in [-0.05, 0) is 36.1 Å². The summed E-state index contributed by atoms with van der Waals surface area (Å²) in [6.45, 7) is 3.51. The molecule has 0 heterocycles. The van der Waals surface area contributed by atoms with Gasteiger partial charge >= 0.3 is 0 Å². The Bertz CT molecular complexity index is 508. The molecule has 0 bridgehead atoms. The first-order valence-corrected chi connectivity index (χ1v) is 6.85. The van der Waals surface area contributed by atoms with Gasteiger partial charge in [-0.1, -0.05) is 42.5 Å². The first-order valence-electron chi connectivity index (χ1n) is 6.85. The molecule has 102 valence electrons. The highest BCUT2D eigenvalue weighted by molar-refractivity contribution is 5.85. The van der Waals surface area contributed by atoms with Gasteiger partial charge in [0.1, 0.15) is 0 Å². The van der Waals surface area contributed by atoms with Gasteiger partial charge in [0.2, 0.25) is 0 Å². The Balaban J connectivity index is 2.10. The SMILES string of the molecule is CCOCCC(Cc1cccc2ccccc12)NN. The van der Waals surface area contributed by atoms with Crippen LogP contribution in [0.25, 0.3) is 10.8 Å². The van der Waals surface area contributed by atoms with Gasteiger partial charge in [-0.15, -0.1) is 0 Å². The molecule has 3 N–H and O–H groups in total. The van der Waals surface area contributed by atoms with Crippen molar-refractivity contribution in [2.45, 2.75) is 25.8 Å². The molecule has 3 nitrogen and oxygen atoms in total. The summed E-state index contributed by atoms with van der Waals surface area (Å²) in [4.78, 5) is 0. The highest BCUT2D eigenvalue weighted by Crippen LogP contribution is 2.20. The van der Waals surface area contributed by atoms with E-state index in [1.807, 2.05) is 6.92 Å². The molecule has 0 aliphatic carbocycles. The van der Waals surface area contributed by atoms with Gasteiger partial charge < -0.3 is 4.74 Å². The summed E-state index contributed by atoms with van der Waals surface area (Å²) in [5, 5.41) is 2.59. The van der Waals surface area contributed by atoms with Crippen LogP contribution in [0.2, 0.25) is 0 Å². The standard InChI is InChI=1S/C16H22N2O/c1-2-19-11-10-15(18-17)12-14-8-5-7-13-6-3-4-9-16(13)14/h3-9,15,18H,2,10-12,17H2,1H3. The van der Waals surface area contributed by atoms with Gasteiger partial charge in [0.15, 0.2) is 0 Å². The summed E-state index contributed by atoms with van der Waals surface area (Å²) in [6, 6.07) is 15.1. The molecule has 2 aromatic carbocycles. The van der Waals surface area contributed by atoms with E-state index in [2.05, 4.69) is 47.9 Å². The van der Waals surface area contributed by atoms with E-state index in [9.17, 15) is 0 Å². The molecular weight excluding hydrogens is 236 g/mol. The van der Waals surface area contributed by atoms with Gasteiger partial charge in [-0.3, -0.25) is 11.3 Å². The van der Waals surface area contributed by atoms with E-state index in [1.165, 1.54) is 16.3 Å². The van der Waals surface area contributed by atoms with Gasteiger partial charge in [0.05, 0.1) is 0 Å². The van der Waals surface area contributed by atoms with Crippen molar-refractivity contribution in [1.29, 1.82) is 0 Å². The van der Waals surface area contributed by atoms with Crippen LogP contribution in [0.1, 0.15) is 18.9 Å². The number of hydrogen-bond acceptors (Lipinski definition) is 3. The van der Waals surface area contributed by atoms with Crippen molar-refractivity contribution in [3.8, 4) is 0 Å². The summed E-state index contributed by atoms with van der Waals surface area (Å²) in [5.74, 6) is 5.64. The van der Waals surface area contributed by atoms with Crippen molar-refractivity contribution in [3.63, 3.8) is 0 Å². The summed E-state index contributed by atoms with van der Waals surface area (Å²) in [7, 11) is 0. The van der Waals surface area contributed by atoms with Crippen LogP contribution in [0.4, 0.5) is 0 Å². The topological polar surface area (TPSA) is 47.3 Å². The number of rotatable bonds is 7. The second-order valence-electron chi connectivity index (χ2n) is 4.69. The van der Waals surface area contributed by atoms with E-state index in [1.54, 1.807) is 0 Å². The molecule has 0 spiro atoms. The number of nitrogens with one attached hydrogen (secondary N) is 1. The number of ether oxygens (including phenoxy) is 1. The van der Waals surface area contributed by atoms with Crippen LogP contribution in [0.5, 0.6) is 0 Å². The summed E-state index contributed by atoms with van der Waals surface area (Å²) >= 11 is 0. The molecule has 3 heteroatoms. The van der Waals surface area contributed by atoms with Crippen LogP contribution in [0.15, 0.2) is 42.5 Å². The van der Waals surface area contributed by atoms with Gasteiger partial charge in [-0.2, -0.15) is 0 Å². The van der Waals surface area contributed by atoms with Crippen LogP contribution in [0.3, 0.4) is 0 Å². The first-order chi connectivity index (χ1) is 9.35. The molecule has 1 atom stereocenters. The van der Waals surface area contributed by atoms with E-state index >= 15 is 0 Å². The molecule has 0 aliphatic heterocycles. The molecule has 0 saturated carbocycles. The number of hydrogen-bond donors (Lipinski definition) is 2. The van der Waals surface area contributed by atoms with Crippen molar-refractivity contribution in [1.82, 2.24) is 5.43 Å². The van der Waals surface area contributed by atoms with Crippen LogP contribution < -0.4 is 11.3 Å². The molecule has 2 aromatic rings. The maximum atomic E-state index is 5.64. The molecule has 1 unspecified atom stereocenters. The zero-order chi connectivity index (χ0) is 13.5. The Morgan fingerprint density at radius 2 is 1.95 bits per heavy atom. The normalized spacial score (nSPS) is 12.7. The smallest absolute Gasteiger partial charge is 0.0481 e. The predicted molar refractivity (Wildman–Crippen MR) is 79.9 cm³/mol. The lowest BCUT2D eigenvalue weighted by Gasteiger charge is -2.17. The molecule has 0 radical (unpaired) electrons. The fourth-order valence-corrected chi connectivity index (χ4v) is 2.35. The molecule has 2 rings (SSSR count). The fourth-order valence-electron chi connectivity index (χ4n) is 2.35. The third-order valence-electron chi connectivity index (χ3n) is 3.40. The molecule has 0 saturated heterocycles. The lowest BCUT2D eigenvalue weighted by Crippen LogP contribution is -2.37. The Labute approximate surface area is 114 Å². The van der Waals surface area contributed by atoms with Gasteiger partial charge in [-0.25, -0.2) is 0 Å². The maximum absolute atomic E-state index is 5.64. The summed E-state index contributed by atoms with van der Waals surface area (Å²) in [5.41, 5.74) is 4.23. The van der Waals surface area contributed by atoms with Crippen molar-refractivity contribution in [2.24, 2.45) is 5.84 Å². The molecule has 0 amide bonds. The fraction of sp³-hybridized carbons (Fsp3) is 0.375. The van der Waals surface area contributed by atoms with E-state index in [0.717, 1.165) is 26.1 Å². The molecule has 19 heavy (non-hydrogen) atoms. The third kappa shape index (κ3) is 3.77. The lowest BCUT2D eigenvalue weighted by molar-refractivity contribution is 0.136. The van der Waals surface area contributed by atoms with Crippen molar-refractivity contribution in [2.75, 3.05) is 13.2 Å². The molecule has 0 aromatic heterocycles. The van der Waals surface area contributed by atoms with Gasteiger partial charge in [0.25, 0.3) is 0 Å². The van der Waals surface area contributed by atoms with Crippen LogP contribution in [0, 0.1) is 0 Å². The van der Waals surface area contributed by atoms with E-state index in [-0.39, 0.29) is 6.04 Å². The second-order valence-corrected chi connectivity index (χ2v) is 4.69. The lowest BCUT2D eigenvalue weighted by atomic mass is 9.98. The highest BCUT2D eigenvalue weighted by atomic mass is 16.5. The van der Waals surface area contributed by atoms with Crippen molar-refractivity contribution in [3.05, 3.63) is 48.0 Å². The third-order valence-corrected chi connectivity index (χ3v) is 3.40. The Morgan fingerprint density at radius 3 is 2.74 bits per heavy atom. The summed E-state index contributed by atoms with van der Waals surface area (Å²) < 4.78 is 5.40. The second kappa shape index (κ2) is 7.24. The predicted octanol–water partition coefficient (Wildman–Crippen LogP) is 2.64. The first kappa shape index (κ1) is 14.0. The minimum Gasteiger partial charge on any atom is -0.382 e. The number of nitrogens with two attached hydrogens (primary N) is 1. The Hall–Kier alpha value is -1.42. The minimum atomic E-state index is 0.248. The molecule has 0 aliphatic rings. The Morgan fingerprint density at radius 1 is 1.16 bits per heavy atom. The van der Waals surface area contributed by atoms with Crippen molar-refractivity contribution < 1.29 is 4.74 Å². The summed E-state index contributed by atoms with van der Waals surface area (Å²) in [6.07, 6.45) is 1.85. The maximum Gasteiger partial charge on any atom is 0.0481 e. The monoisotopic (exact) mass is 258 g/mol.